The van der Waals surface area contributed by atoms with Gasteiger partial charge in [-0.15, -0.1) is 0 Å². The molecule has 184 valence electrons. The monoisotopic (exact) mass is 476 g/mol. The van der Waals surface area contributed by atoms with Gasteiger partial charge in [-0.1, -0.05) is 55.5 Å². The minimum absolute atomic E-state index is 0.0155. The third-order valence-electron chi connectivity index (χ3n) is 8.06. The van der Waals surface area contributed by atoms with E-state index in [0.29, 0.717) is 26.1 Å². The van der Waals surface area contributed by atoms with E-state index in [1.165, 1.54) is 22.3 Å². The Morgan fingerprint density at radius 2 is 1.66 bits per heavy atom. The van der Waals surface area contributed by atoms with Gasteiger partial charge in [0.2, 0.25) is 5.91 Å². The summed E-state index contributed by atoms with van der Waals surface area (Å²) in [6, 6.07) is 16.4. The van der Waals surface area contributed by atoms with Crippen LogP contribution < -0.4 is 5.32 Å². The summed E-state index contributed by atoms with van der Waals surface area (Å²) < 4.78 is 5.58. The average Bonchev–Trinajstić information content (AvgIpc) is 3.47. The SMILES string of the molecule is CC(CNC(=O)OCC1c2ccccc2-c2ccccc21)CC(=O)N1CCC2(CC1)CC2C(=O)O. The van der Waals surface area contributed by atoms with Crippen LogP contribution in [0.1, 0.15) is 49.7 Å². The van der Waals surface area contributed by atoms with Crippen molar-refractivity contribution >= 4 is 18.0 Å². The zero-order valence-electron chi connectivity index (χ0n) is 20.0. The number of carboxylic acid groups (broad SMARTS) is 1. The van der Waals surface area contributed by atoms with Gasteiger partial charge in [-0.05, 0) is 52.8 Å². The van der Waals surface area contributed by atoms with Gasteiger partial charge in [0.15, 0.2) is 0 Å². The van der Waals surface area contributed by atoms with Gasteiger partial charge in [-0.2, -0.15) is 0 Å². The fourth-order valence-electron chi connectivity index (χ4n) is 5.86. The van der Waals surface area contributed by atoms with Crippen LogP contribution in [-0.2, 0) is 14.3 Å². The number of benzene rings is 2. The number of carbonyl (C=O) groups excluding carboxylic acids is 2. The number of likely N-dealkylation sites (tertiary alicyclic amines) is 1. The van der Waals surface area contributed by atoms with Crippen LogP contribution in [-0.4, -0.2) is 54.2 Å². The molecule has 2 aromatic rings. The number of hydrogen-bond donors (Lipinski definition) is 2. The second kappa shape index (κ2) is 9.36. The van der Waals surface area contributed by atoms with Crippen molar-refractivity contribution in [2.24, 2.45) is 17.3 Å². The van der Waals surface area contributed by atoms with Gasteiger partial charge in [0.1, 0.15) is 6.61 Å². The highest BCUT2D eigenvalue weighted by molar-refractivity contribution is 5.79. The molecule has 3 aliphatic rings. The summed E-state index contributed by atoms with van der Waals surface area (Å²) in [5.74, 6) is -0.889. The molecule has 1 heterocycles. The smallest absolute Gasteiger partial charge is 0.407 e. The van der Waals surface area contributed by atoms with E-state index in [9.17, 15) is 19.5 Å². The minimum atomic E-state index is -0.710. The number of piperidine rings is 1. The van der Waals surface area contributed by atoms with Crippen molar-refractivity contribution in [2.45, 2.75) is 38.5 Å². The molecule has 2 unspecified atom stereocenters. The molecule has 2 atom stereocenters. The molecule has 0 bridgehead atoms. The number of aliphatic carboxylic acids is 1. The first-order valence-electron chi connectivity index (χ1n) is 12.5. The molecule has 7 heteroatoms. The number of hydrogen-bond acceptors (Lipinski definition) is 4. The maximum absolute atomic E-state index is 12.7. The molecule has 1 saturated carbocycles. The maximum Gasteiger partial charge on any atom is 0.407 e. The van der Waals surface area contributed by atoms with Gasteiger partial charge in [0.25, 0.3) is 0 Å². The van der Waals surface area contributed by atoms with E-state index in [0.717, 1.165) is 19.3 Å². The van der Waals surface area contributed by atoms with Gasteiger partial charge in [-0.3, -0.25) is 9.59 Å². The number of rotatable bonds is 7. The van der Waals surface area contributed by atoms with Crippen LogP contribution >= 0.6 is 0 Å². The van der Waals surface area contributed by atoms with Crippen LogP contribution in [0.3, 0.4) is 0 Å². The molecule has 7 nitrogen and oxygen atoms in total. The summed E-state index contributed by atoms with van der Waals surface area (Å²) in [7, 11) is 0. The Balaban J connectivity index is 1.06. The highest BCUT2D eigenvalue weighted by atomic mass is 16.5. The fourth-order valence-corrected chi connectivity index (χ4v) is 5.86. The molecule has 0 radical (unpaired) electrons. The first-order chi connectivity index (χ1) is 16.9. The second-order valence-electron chi connectivity index (χ2n) is 10.4. The zero-order chi connectivity index (χ0) is 24.6. The van der Waals surface area contributed by atoms with Crippen LogP contribution in [0.4, 0.5) is 4.79 Å². The van der Waals surface area contributed by atoms with E-state index in [1.807, 2.05) is 36.1 Å². The molecule has 1 aliphatic heterocycles. The fraction of sp³-hybridized carbons (Fsp3) is 0.464. The Morgan fingerprint density at radius 3 is 2.23 bits per heavy atom. The van der Waals surface area contributed by atoms with Gasteiger partial charge >= 0.3 is 12.1 Å². The van der Waals surface area contributed by atoms with Crippen LogP contribution in [0, 0.1) is 17.3 Å². The van der Waals surface area contributed by atoms with E-state index in [1.54, 1.807) is 0 Å². The van der Waals surface area contributed by atoms with Crippen molar-refractivity contribution in [2.75, 3.05) is 26.2 Å². The third-order valence-corrected chi connectivity index (χ3v) is 8.06. The number of ether oxygens (including phenoxy) is 1. The summed E-state index contributed by atoms with van der Waals surface area (Å²) in [4.78, 5) is 38.2. The van der Waals surface area contributed by atoms with Crippen molar-refractivity contribution in [3.8, 4) is 11.1 Å². The molecule has 1 spiro atoms. The quantitative estimate of drug-likeness (QED) is 0.622. The van der Waals surface area contributed by atoms with Crippen LogP contribution in [0.2, 0.25) is 0 Å². The van der Waals surface area contributed by atoms with Crippen LogP contribution in [0.25, 0.3) is 11.1 Å². The van der Waals surface area contributed by atoms with E-state index in [-0.39, 0.29) is 35.7 Å². The first kappa shape index (κ1) is 23.4. The second-order valence-corrected chi connectivity index (χ2v) is 10.4. The molecule has 2 aliphatic carbocycles. The number of nitrogens with one attached hydrogen (secondary N) is 1. The summed E-state index contributed by atoms with van der Waals surface area (Å²) in [5, 5.41) is 12.0. The Kier molecular flexibility index (Phi) is 6.26. The Labute approximate surface area is 205 Å². The number of carbonyl (C=O) groups is 3. The first-order valence-corrected chi connectivity index (χ1v) is 12.5. The molecule has 2 N–H and O–H groups in total. The average molecular weight is 477 g/mol. The molecule has 2 fully saturated rings. The molecule has 2 amide bonds. The Morgan fingerprint density at radius 1 is 1.06 bits per heavy atom. The lowest BCUT2D eigenvalue weighted by molar-refractivity contribution is -0.140. The van der Waals surface area contributed by atoms with Gasteiger partial charge in [0.05, 0.1) is 5.92 Å². The molecular formula is C28H32N2O5. The topological polar surface area (TPSA) is 95.9 Å². The highest BCUT2D eigenvalue weighted by Gasteiger charge is 2.59. The summed E-state index contributed by atoms with van der Waals surface area (Å²) in [6.45, 7) is 3.81. The lowest BCUT2D eigenvalue weighted by Gasteiger charge is -2.33. The minimum Gasteiger partial charge on any atom is -0.481 e. The Bertz CT molecular complexity index is 1090. The number of carboxylic acids is 1. The molecule has 2 aromatic carbocycles. The summed E-state index contributed by atoms with van der Waals surface area (Å²) in [5.41, 5.74) is 4.63. The van der Waals surface area contributed by atoms with E-state index in [2.05, 4.69) is 29.6 Å². The zero-order valence-corrected chi connectivity index (χ0v) is 20.0. The van der Waals surface area contributed by atoms with Gasteiger partial charge in [0, 0.05) is 32.0 Å². The number of alkyl carbamates (subject to hydrolysis) is 1. The van der Waals surface area contributed by atoms with Crippen LogP contribution in [0.15, 0.2) is 48.5 Å². The van der Waals surface area contributed by atoms with Gasteiger partial charge in [-0.25, -0.2) is 4.79 Å². The number of nitrogens with zero attached hydrogens (tertiary/aromatic N) is 1. The standard InChI is InChI=1S/C28H32N2O5/c1-18(14-25(31)30-12-10-28(11-13-30)15-24(28)26(32)33)16-29-27(34)35-17-23-21-8-4-2-6-19(21)20-7-3-5-9-22(20)23/h2-9,18,23-24H,10-17H2,1H3,(H,29,34)(H,32,33). The normalized spacial score (nSPS) is 20.6. The molecule has 5 rings (SSSR count). The van der Waals surface area contributed by atoms with Crippen molar-refractivity contribution in [1.29, 1.82) is 0 Å². The Hall–Kier alpha value is -3.35. The van der Waals surface area contributed by atoms with Crippen molar-refractivity contribution in [3.63, 3.8) is 0 Å². The number of amides is 2. The highest BCUT2D eigenvalue weighted by Crippen LogP contribution is 2.59. The molecular weight excluding hydrogens is 444 g/mol. The van der Waals surface area contributed by atoms with E-state index >= 15 is 0 Å². The molecule has 0 aromatic heterocycles. The van der Waals surface area contributed by atoms with E-state index in [4.69, 9.17) is 4.74 Å². The molecule has 1 saturated heterocycles. The summed E-state index contributed by atoms with van der Waals surface area (Å²) in [6.07, 6.45) is 2.15. The van der Waals surface area contributed by atoms with Gasteiger partial charge < -0.3 is 20.1 Å². The third kappa shape index (κ3) is 4.64. The predicted molar refractivity (Wildman–Crippen MR) is 131 cm³/mol. The predicted octanol–water partition coefficient (Wildman–Crippen LogP) is 4.26. The number of fused-ring (bicyclic) bond motifs is 3. The maximum atomic E-state index is 12.7. The lowest BCUT2D eigenvalue weighted by atomic mass is 9.90. The van der Waals surface area contributed by atoms with Crippen molar-refractivity contribution in [3.05, 3.63) is 59.7 Å². The van der Waals surface area contributed by atoms with Crippen molar-refractivity contribution < 1.29 is 24.2 Å². The van der Waals surface area contributed by atoms with E-state index < -0.39 is 12.1 Å². The van der Waals surface area contributed by atoms with Crippen molar-refractivity contribution in [1.82, 2.24) is 10.2 Å². The lowest BCUT2D eigenvalue weighted by Crippen LogP contribution is -2.41. The summed E-state index contributed by atoms with van der Waals surface area (Å²) >= 11 is 0. The van der Waals surface area contributed by atoms with Crippen LogP contribution in [0.5, 0.6) is 0 Å². The molecule has 35 heavy (non-hydrogen) atoms. The largest absolute Gasteiger partial charge is 0.481 e.